The highest BCUT2D eigenvalue weighted by Crippen LogP contribution is 2.27. The molecule has 1 aromatic carbocycles. The zero-order chi connectivity index (χ0) is 15.9. The quantitative estimate of drug-likeness (QED) is 0.871. The minimum atomic E-state index is -0.0509. The number of thioether (sulfide) groups is 1. The Morgan fingerprint density at radius 3 is 2.45 bits per heavy atom. The summed E-state index contributed by atoms with van der Waals surface area (Å²) in [6, 6.07) is 8.25. The maximum Gasteiger partial charge on any atom is 0.321 e. The highest BCUT2D eigenvalue weighted by molar-refractivity contribution is 7.97. The molecule has 2 rings (SSSR count). The lowest BCUT2D eigenvalue weighted by atomic mass is 9.86. The van der Waals surface area contributed by atoms with Gasteiger partial charge in [-0.1, -0.05) is 12.1 Å². The predicted molar refractivity (Wildman–Crippen MR) is 93.3 cm³/mol. The summed E-state index contributed by atoms with van der Waals surface area (Å²) in [5.41, 5.74) is 2.10. The summed E-state index contributed by atoms with van der Waals surface area (Å²) >= 11 is 1.79. The summed E-state index contributed by atoms with van der Waals surface area (Å²) in [5.74, 6) is 1.40. The van der Waals surface area contributed by atoms with Crippen LogP contribution in [0.4, 0.5) is 10.5 Å². The van der Waals surface area contributed by atoms with E-state index in [-0.39, 0.29) is 18.7 Å². The smallest absolute Gasteiger partial charge is 0.321 e. The Kier molecular flexibility index (Phi) is 6.58. The fraction of sp³-hybridized carbons (Fsp3) is 0.588. The van der Waals surface area contributed by atoms with Crippen molar-refractivity contribution in [3.05, 3.63) is 29.8 Å². The SMILES string of the molecule is CSCc1ccc(NC(=O)N(C)C2CCC(CO)CC2)cc1. The number of aliphatic hydroxyl groups is 1. The van der Waals surface area contributed by atoms with Crippen molar-refractivity contribution >= 4 is 23.5 Å². The van der Waals surface area contributed by atoms with E-state index >= 15 is 0 Å². The Hall–Kier alpha value is -1.20. The van der Waals surface area contributed by atoms with Gasteiger partial charge in [-0.2, -0.15) is 11.8 Å². The van der Waals surface area contributed by atoms with Crippen LogP contribution in [0.3, 0.4) is 0 Å². The number of hydrogen-bond donors (Lipinski definition) is 2. The van der Waals surface area contributed by atoms with E-state index in [0.717, 1.165) is 37.1 Å². The predicted octanol–water partition coefficient (Wildman–Crippen LogP) is 3.56. The van der Waals surface area contributed by atoms with Gasteiger partial charge < -0.3 is 15.3 Å². The molecule has 0 aliphatic heterocycles. The van der Waals surface area contributed by atoms with E-state index in [0.29, 0.717) is 5.92 Å². The molecule has 22 heavy (non-hydrogen) atoms. The average Bonchev–Trinajstić information content (AvgIpc) is 2.56. The lowest BCUT2D eigenvalue weighted by molar-refractivity contribution is 0.139. The Morgan fingerprint density at radius 1 is 1.27 bits per heavy atom. The second kappa shape index (κ2) is 8.44. The molecule has 4 nitrogen and oxygen atoms in total. The molecule has 5 heteroatoms. The first-order valence-electron chi connectivity index (χ1n) is 7.86. The van der Waals surface area contributed by atoms with Crippen LogP contribution in [-0.4, -0.2) is 42.0 Å². The molecular weight excluding hydrogens is 296 g/mol. The van der Waals surface area contributed by atoms with E-state index in [1.54, 1.807) is 11.8 Å². The van der Waals surface area contributed by atoms with E-state index in [9.17, 15) is 9.90 Å². The molecule has 0 radical (unpaired) electrons. The summed E-state index contributed by atoms with van der Waals surface area (Å²) in [6.45, 7) is 0.269. The van der Waals surface area contributed by atoms with Crippen molar-refractivity contribution in [2.24, 2.45) is 5.92 Å². The molecule has 2 amide bonds. The molecule has 0 saturated heterocycles. The van der Waals surface area contributed by atoms with Gasteiger partial charge in [-0.15, -0.1) is 0 Å². The minimum Gasteiger partial charge on any atom is -0.396 e. The van der Waals surface area contributed by atoms with Crippen molar-refractivity contribution in [3.63, 3.8) is 0 Å². The molecule has 122 valence electrons. The number of anilines is 1. The number of carbonyl (C=O) groups is 1. The summed E-state index contributed by atoms with van der Waals surface area (Å²) in [7, 11) is 1.86. The van der Waals surface area contributed by atoms with E-state index in [4.69, 9.17) is 0 Å². The van der Waals surface area contributed by atoms with Gasteiger partial charge >= 0.3 is 6.03 Å². The van der Waals surface area contributed by atoms with Crippen molar-refractivity contribution in [1.29, 1.82) is 0 Å². The van der Waals surface area contributed by atoms with Crippen LogP contribution in [0.15, 0.2) is 24.3 Å². The first-order valence-corrected chi connectivity index (χ1v) is 9.26. The normalized spacial score (nSPS) is 21.4. The number of aliphatic hydroxyl groups excluding tert-OH is 1. The van der Waals surface area contributed by atoms with Gasteiger partial charge in [0.1, 0.15) is 0 Å². The summed E-state index contributed by atoms with van der Waals surface area (Å²) < 4.78 is 0. The first-order chi connectivity index (χ1) is 10.6. The van der Waals surface area contributed by atoms with Crippen LogP contribution in [0.1, 0.15) is 31.2 Å². The molecule has 0 atom stereocenters. The van der Waals surface area contributed by atoms with E-state index in [2.05, 4.69) is 23.7 Å². The molecule has 0 heterocycles. The van der Waals surface area contributed by atoms with Gasteiger partial charge in [-0.05, 0) is 55.6 Å². The highest BCUT2D eigenvalue weighted by atomic mass is 32.2. The van der Waals surface area contributed by atoms with E-state index in [1.165, 1.54) is 5.56 Å². The number of hydrogen-bond acceptors (Lipinski definition) is 3. The Balaban J connectivity index is 1.85. The second-order valence-electron chi connectivity index (χ2n) is 6.03. The molecular formula is C17H26N2O2S. The average molecular weight is 322 g/mol. The van der Waals surface area contributed by atoms with Crippen LogP contribution < -0.4 is 5.32 Å². The molecule has 2 N–H and O–H groups in total. The van der Waals surface area contributed by atoms with Crippen LogP contribution in [0.2, 0.25) is 0 Å². The fourth-order valence-electron chi connectivity index (χ4n) is 2.94. The third-order valence-corrected chi connectivity index (χ3v) is 5.08. The maximum absolute atomic E-state index is 12.3. The Labute approximate surface area is 137 Å². The molecule has 0 bridgehead atoms. The van der Waals surface area contributed by atoms with Crippen LogP contribution in [0.25, 0.3) is 0 Å². The van der Waals surface area contributed by atoms with Gasteiger partial charge in [0.2, 0.25) is 0 Å². The van der Waals surface area contributed by atoms with E-state index in [1.807, 2.05) is 24.1 Å². The number of amides is 2. The van der Waals surface area contributed by atoms with Crippen LogP contribution in [-0.2, 0) is 5.75 Å². The van der Waals surface area contributed by atoms with Crippen molar-refractivity contribution < 1.29 is 9.90 Å². The third kappa shape index (κ3) is 4.65. The lowest BCUT2D eigenvalue weighted by Gasteiger charge is -2.34. The largest absolute Gasteiger partial charge is 0.396 e. The van der Waals surface area contributed by atoms with Gasteiger partial charge in [0.25, 0.3) is 0 Å². The summed E-state index contributed by atoms with van der Waals surface area (Å²) in [5, 5.41) is 12.2. The Bertz CT molecular complexity index is 470. The molecule has 1 aliphatic carbocycles. The van der Waals surface area contributed by atoms with Crippen molar-refractivity contribution in [1.82, 2.24) is 4.90 Å². The zero-order valence-electron chi connectivity index (χ0n) is 13.4. The van der Waals surface area contributed by atoms with Crippen LogP contribution in [0.5, 0.6) is 0 Å². The van der Waals surface area contributed by atoms with E-state index < -0.39 is 0 Å². The van der Waals surface area contributed by atoms with Crippen molar-refractivity contribution in [2.75, 3.05) is 25.2 Å². The summed E-state index contributed by atoms with van der Waals surface area (Å²) in [6.07, 6.45) is 6.03. The Morgan fingerprint density at radius 2 is 1.91 bits per heavy atom. The number of nitrogens with zero attached hydrogens (tertiary/aromatic N) is 1. The molecule has 0 unspecified atom stereocenters. The number of benzene rings is 1. The number of nitrogens with one attached hydrogen (secondary N) is 1. The minimum absolute atomic E-state index is 0.0509. The number of rotatable bonds is 5. The zero-order valence-corrected chi connectivity index (χ0v) is 14.2. The topological polar surface area (TPSA) is 52.6 Å². The molecule has 0 aromatic heterocycles. The number of carbonyl (C=O) groups excluding carboxylic acids is 1. The first kappa shape index (κ1) is 17.2. The highest BCUT2D eigenvalue weighted by Gasteiger charge is 2.26. The van der Waals surface area contributed by atoms with Gasteiger partial charge in [0.05, 0.1) is 0 Å². The molecule has 1 fully saturated rings. The maximum atomic E-state index is 12.3. The van der Waals surface area contributed by atoms with Crippen LogP contribution in [0, 0.1) is 5.92 Å². The van der Waals surface area contributed by atoms with Crippen LogP contribution >= 0.6 is 11.8 Å². The van der Waals surface area contributed by atoms with Crippen molar-refractivity contribution in [3.8, 4) is 0 Å². The lowest BCUT2D eigenvalue weighted by Crippen LogP contribution is -2.42. The number of urea groups is 1. The van der Waals surface area contributed by atoms with Gasteiger partial charge in [0.15, 0.2) is 0 Å². The van der Waals surface area contributed by atoms with Gasteiger partial charge in [-0.3, -0.25) is 0 Å². The monoisotopic (exact) mass is 322 g/mol. The molecule has 1 saturated carbocycles. The van der Waals surface area contributed by atoms with Gasteiger partial charge in [0, 0.05) is 31.1 Å². The molecule has 1 aromatic rings. The molecule has 1 aliphatic rings. The summed E-state index contributed by atoms with van der Waals surface area (Å²) in [4.78, 5) is 14.1. The third-order valence-electron chi connectivity index (χ3n) is 4.46. The van der Waals surface area contributed by atoms with Crippen molar-refractivity contribution in [2.45, 2.75) is 37.5 Å². The second-order valence-corrected chi connectivity index (χ2v) is 6.89. The standard InChI is InChI=1S/C17H26N2O2S/c1-19(16-9-5-13(11-20)6-10-16)17(21)18-15-7-3-14(4-8-15)12-22-2/h3-4,7-8,13,16,20H,5-6,9-12H2,1-2H3,(H,18,21). The molecule has 0 spiro atoms. The van der Waals surface area contributed by atoms with Gasteiger partial charge in [-0.25, -0.2) is 4.79 Å². The fourth-order valence-corrected chi connectivity index (χ4v) is 3.47.